The number of ether oxygens (including phenoxy) is 1. The van der Waals surface area contributed by atoms with E-state index in [9.17, 15) is 5.26 Å². The number of rotatable bonds is 10. The van der Waals surface area contributed by atoms with Gasteiger partial charge in [0, 0.05) is 50.3 Å². The highest BCUT2D eigenvalue weighted by atomic mass is 32.2. The van der Waals surface area contributed by atoms with Crippen molar-refractivity contribution in [3.05, 3.63) is 54.1 Å². The summed E-state index contributed by atoms with van der Waals surface area (Å²) in [5, 5.41) is 19.8. The summed E-state index contributed by atoms with van der Waals surface area (Å²) in [6.45, 7) is 9.43. The van der Waals surface area contributed by atoms with Gasteiger partial charge in [0.1, 0.15) is 24.5 Å². The lowest BCUT2D eigenvalue weighted by molar-refractivity contribution is 0.0899. The fourth-order valence-corrected chi connectivity index (χ4v) is 7.69. The molecule has 0 bridgehead atoms. The Bertz CT molecular complexity index is 1600. The van der Waals surface area contributed by atoms with Crippen molar-refractivity contribution in [1.82, 2.24) is 34.6 Å². The van der Waals surface area contributed by atoms with E-state index in [4.69, 9.17) is 14.8 Å². The number of nitrogens with one attached hydrogen (secondary N) is 1. The summed E-state index contributed by atoms with van der Waals surface area (Å²) in [7, 11) is -1.16. The van der Waals surface area contributed by atoms with Crippen molar-refractivity contribution in [3.63, 3.8) is 0 Å². The van der Waals surface area contributed by atoms with Crippen LogP contribution in [0.2, 0.25) is 25.7 Å². The molecule has 2 atom stereocenters. The monoisotopic (exact) mass is 590 g/mol. The van der Waals surface area contributed by atoms with Crippen molar-refractivity contribution in [1.29, 1.82) is 5.26 Å². The molecule has 9 nitrogen and oxygen atoms in total. The number of aromatic nitrogens is 6. The number of hydrogen-bond donors (Lipinski definition) is 1. The van der Waals surface area contributed by atoms with Crippen LogP contribution in [0, 0.1) is 17.1 Å². The Morgan fingerprint density at radius 1 is 1.32 bits per heavy atom. The van der Waals surface area contributed by atoms with E-state index in [0.29, 0.717) is 25.4 Å². The van der Waals surface area contributed by atoms with Gasteiger partial charge in [0.05, 0.1) is 46.6 Å². The minimum Gasteiger partial charge on any atom is -0.361 e. The molecule has 1 N–H and O–H groups in total. The third-order valence-electron chi connectivity index (χ3n) is 8.18. The first kappa shape index (κ1) is 28.0. The van der Waals surface area contributed by atoms with Crippen LogP contribution in [0.1, 0.15) is 30.1 Å². The zero-order chi connectivity index (χ0) is 28.6. The standard InChI is InChI=1S/C29H35FN8OSSi/c1-41(2,3)13-11-39-19-37-10-5-22-25(33-18-34-27(22)37)21-15-35-38(16-21)24(4-8-31)29(7-9-32-17-29)26-23(30)14-20-6-12-40-28(20)36-26/h5,10,14-16,18,24,32H,4,6-7,9,11-13,17,19H2,1-3H3/t24-,29-/m0/s1. The van der Waals surface area contributed by atoms with E-state index in [1.54, 1.807) is 30.4 Å². The van der Waals surface area contributed by atoms with Crippen LogP contribution in [0.3, 0.4) is 0 Å². The van der Waals surface area contributed by atoms with Crippen molar-refractivity contribution < 1.29 is 9.13 Å². The van der Waals surface area contributed by atoms with Gasteiger partial charge in [-0.25, -0.2) is 19.3 Å². The van der Waals surface area contributed by atoms with Crippen LogP contribution in [-0.4, -0.2) is 62.8 Å². The number of aryl methyl sites for hydroxylation is 1. The molecule has 0 saturated carbocycles. The lowest BCUT2D eigenvalue weighted by atomic mass is 9.74. The number of nitrogens with zero attached hydrogens (tertiary/aromatic N) is 7. The molecule has 4 aromatic rings. The smallest absolute Gasteiger partial charge is 0.145 e. The molecule has 0 amide bonds. The van der Waals surface area contributed by atoms with Gasteiger partial charge < -0.3 is 14.6 Å². The summed E-state index contributed by atoms with van der Waals surface area (Å²) < 4.78 is 25.4. The highest BCUT2D eigenvalue weighted by molar-refractivity contribution is 7.99. The maximum Gasteiger partial charge on any atom is 0.145 e. The van der Waals surface area contributed by atoms with Crippen molar-refractivity contribution in [2.45, 2.75) is 68.2 Å². The lowest BCUT2D eigenvalue weighted by Crippen LogP contribution is -2.41. The van der Waals surface area contributed by atoms with Gasteiger partial charge in [-0.2, -0.15) is 10.4 Å². The molecule has 12 heteroatoms. The Morgan fingerprint density at radius 2 is 2.20 bits per heavy atom. The largest absolute Gasteiger partial charge is 0.361 e. The summed E-state index contributed by atoms with van der Waals surface area (Å²) in [4.78, 5) is 14.0. The summed E-state index contributed by atoms with van der Waals surface area (Å²) in [6, 6.07) is 6.70. The number of nitriles is 1. The second-order valence-corrected chi connectivity index (χ2v) is 18.8. The number of hydrogen-bond acceptors (Lipinski definition) is 8. The summed E-state index contributed by atoms with van der Waals surface area (Å²) in [5.41, 5.74) is 3.08. The van der Waals surface area contributed by atoms with Crippen LogP contribution in [0.5, 0.6) is 0 Å². The molecule has 214 valence electrons. The van der Waals surface area contributed by atoms with Crippen LogP contribution in [-0.2, 0) is 23.3 Å². The molecule has 1 saturated heterocycles. The van der Waals surface area contributed by atoms with E-state index in [1.807, 2.05) is 27.7 Å². The van der Waals surface area contributed by atoms with E-state index in [0.717, 1.165) is 64.2 Å². The van der Waals surface area contributed by atoms with Crippen molar-refractivity contribution in [2.75, 3.05) is 25.4 Å². The molecule has 0 spiro atoms. The summed E-state index contributed by atoms with van der Waals surface area (Å²) in [5.74, 6) is 0.622. The highest BCUT2D eigenvalue weighted by Crippen LogP contribution is 2.45. The number of fused-ring (bicyclic) bond motifs is 2. The molecule has 2 aliphatic heterocycles. The van der Waals surface area contributed by atoms with Gasteiger partial charge in [-0.15, -0.1) is 11.8 Å². The first-order valence-electron chi connectivity index (χ1n) is 14.1. The quantitative estimate of drug-likeness (QED) is 0.199. The van der Waals surface area contributed by atoms with E-state index in [-0.39, 0.29) is 12.2 Å². The Labute approximate surface area is 244 Å². The molecule has 4 aromatic heterocycles. The molecule has 2 aliphatic rings. The first-order chi connectivity index (χ1) is 19.8. The van der Waals surface area contributed by atoms with Gasteiger partial charge >= 0.3 is 0 Å². The van der Waals surface area contributed by atoms with Gasteiger partial charge in [-0.1, -0.05) is 19.6 Å². The second kappa shape index (κ2) is 11.3. The van der Waals surface area contributed by atoms with Crippen molar-refractivity contribution in [2.24, 2.45) is 0 Å². The van der Waals surface area contributed by atoms with Crippen LogP contribution in [0.4, 0.5) is 4.39 Å². The van der Waals surface area contributed by atoms with Crippen LogP contribution in [0.25, 0.3) is 22.3 Å². The Balaban J connectivity index is 1.32. The summed E-state index contributed by atoms with van der Waals surface area (Å²) in [6.07, 6.45) is 8.90. The fraction of sp³-hybridized carbons (Fsp3) is 0.483. The van der Waals surface area contributed by atoms with Crippen LogP contribution < -0.4 is 5.32 Å². The van der Waals surface area contributed by atoms with Gasteiger partial charge in [-0.05, 0) is 43.1 Å². The Morgan fingerprint density at radius 3 is 2.98 bits per heavy atom. The number of pyridine rings is 1. The van der Waals surface area contributed by atoms with E-state index in [1.165, 1.54) is 0 Å². The molecule has 1 fully saturated rings. The topological polar surface area (TPSA) is 106 Å². The maximum atomic E-state index is 15.6. The van der Waals surface area contributed by atoms with Crippen molar-refractivity contribution in [3.8, 4) is 17.3 Å². The molecular formula is C29H35FN8OSSi. The lowest BCUT2D eigenvalue weighted by Gasteiger charge is -2.36. The van der Waals surface area contributed by atoms with Gasteiger partial charge in [0.15, 0.2) is 0 Å². The van der Waals surface area contributed by atoms with Crippen LogP contribution >= 0.6 is 11.8 Å². The Kier molecular flexibility index (Phi) is 7.71. The predicted octanol–water partition coefficient (Wildman–Crippen LogP) is 5.18. The zero-order valence-corrected chi connectivity index (χ0v) is 25.5. The average Bonchev–Trinajstić information content (AvgIpc) is 3.75. The maximum absolute atomic E-state index is 15.6. The first-order valence-corrected chi connectivity index (χ1v) is 18.8. The number of halogens is 1. The van der Waals surface area contributed by atoms with Crippen LogP contribution in [0.15, 0.2) is 42.1 Å². The Hall–Kier alpha value is -3.11. The highest BCUT2D eigenvalue weighted by Gasteiger charge is 2.48. The van der Waals surface area contributed by atoms with Gasteiger partial charge in [0.2, 0.25) is 0 Å². The normalized spacial score (nSPS) is 19.5. The van der Waals surface area contributed by atoms with E-state index >= 15 is 4.39 Å². The third-order valence-corrected chi connectivity index (χ3v) is 10.9. The third kappa shape index (κ3) is 5.43. The predicted molar refractivity (Wildman–Crippen MR) is 160 cm³/mol. The fourth-order valence-electron chi connectivity index (χ4n) is 5.91. The molecule has 6 rings (SSSR count). The molecule has 6 heterocycles. The molecule has 0 unspecified atom stereocenters. The summed E-state index contributed by atoms with van der Waals surface area (Å²) >= 11 is 1.67. The SMILES string of the molecule is C[Si](C)(C)CCOCn1ccc2c(-c3cnn([C@@H](CC#N)[C@]4(c5nc6c(cc5F)CCS6)CCNC4)c3)ncnc21. The van der Waals surface area contributed by atoms with Crippen molar-refractivity contribution >= 4 is 30.9 Å². The minimum absolute atomic E-state index is 0.179. The minimum atomic E-state index is -1.16. The average molecular weight is 591 g/mol. The second-order valence-electron chi connectivity index (χ2n) is 12.1. The van der Waals surface area contributed by atoms with Gasteiger partial charge in [-0.3, -0.25) is 4.68 Å². The van der Waals surface area contributed by atoms with E-state index in [2.05, 4.69) is 41.0 Å². The molecular weight excluding hydrogens is 556 g/mol. The molecule has 0 aromatic carbocycles. The molecule has 0 radical (unpaired) electrons. The number of thioether (sulfide) groups is 1. The zero-order valence-electron chi connectivity index (χ0n) is 23.7. The van der Waals surface area contributed by atoms with Gasteiger partial charge in [0.25, 0.3) is 0 Å². The molecule has 41 heavy (non-hydrogen) atoms. The van der Waals surface area contributed by atoms with E-state index < -0.39 is 19.5 Å². The molecule has 0 aliphatic carbocycles.